The molecular weight excluding hydrogens is 434 g/mol. The van der Waals surface area contributed by atoms with Crippen LogP contribution in [0.5, 0.6) is 0 Å². The molecule has 0 unspecified atom stereocenters. The molecule has 2 aliphatic rings. The summed E-state index contributed by atoms with van der Waals surface area (Å²) in [5, 5.41) is 20.0. The molecule has 0 spiro atoms. The highest BCUT2D eigenvalue weighted by molar-refractivity contribution is 6.01. The van der Waals surface area contributed by atoms with Gasteiger partial charge in [0, 0.05) is 43.2 Å². The average molecular weight is 460 g/mol. The van der Waals surface area contributed by atoms with Gasteiger partial charge in [-0.1, -0.05) is 6.92 Å². The fourth-order valence-electron chi connectivity index (χ4n) is 4.36. The molecule has 4 aromatic heterocycles. The van der Waals surface area contributed by atoms with E-state index in [9.17, 15) is 4.79 Å². The molecule has 11 heteroatoms. The normalized spacial score (nSPS) is 20.0. The summed E-state index contributed by atoms with van der Waals surface area (Å²) in [6.07, 6.45) is 4.61. The van der Waals surface area contributed by atoms with Gasteiger partial charge >= 0.3 is 0 Å². The van der Waals surface area contributed by atoms with Gasteiger partial charge in [-0.3, -0.25) is 4.79 Å². The van der Waals surface area contributed by atoms with Crippen LogP contribution in [0.2, 0.25) is 0 Å². The molecule has 2 atom stereocenters. The van der Waals surface area contributed by atoms with E-state index in [1.54, 1.807) is 17.8 Å². The second kappa shape index (κ2) is 8.17. The van der Waals surface area contributed by atoms with Crippen molar-refractivity contribution in [3.05, 3.63) is 30.6 Å². The zero-order chi connectivity index (χ0) is 23.2. The number of nitrogens with zero attached hydrogens (tertiary/aromatic N) is 7. The number of pyridine rings is 2. The second-order valence-corrected chi connectivity index (χ2v) is 8.80. The van der Waals surface area contributed by atoms with Gasteiger partial charge in [0.2, 0.25) is 5.91 Å². The van der Waals surface area contributed by atoms with E-state index in [1.165, 1.54) is 0 Å². The first kappa shape index (κ1) is 20.7. The summed E-state index contributed by atoms with van der Waals surface area (Å²) in [6.45, 7) is 5.20. The highest BCUT2D eigenvalue weighted by Gasteiger charge is 2.39. The molecule has 2 N–H and O–H groups in total. The van der Waals surface area contributed by atoms with Crippen LogP contribution in [-0.2, 0) is 9.53 Å². The van der Waals surface area contributed by atoms with Crippen molar-refractivity contribution >= 4 is 39.8 Å². The molecular formula is C23H25N9O2. The van der Waals surface area contributed by atoms with Crippen molar-refractivity contribution in [3.63, 3.8) is 0 Å². The highest BCUT2D eigenvalue weighted by atomic mass is 16.5. The molecule has 1 saturated carbocycles. The quantitative estimate of drug-likeness (QED) is 0.462. The van der Waals surface area contributed by atoms with E-state index in [1.807, 2.05) is 18.3 Å². The lowest BCUT2D eigenvalue weighted by molar-refractivity contribution is -0.117. The Morgan fingerprint density at radius 3 is 2.79 bits per heavy atom. The molecule has 5 heterocycles. The maximum Gasteiger partial charge on any atom is 0.228 e. The first-order chi connectivity index (χ1) is 16.6. The van der Waals surface area contributed by atoms with E-state index in [0.717, 1.165) is 55.0 Å². The van der Waals surface area contributed by atoms with E-state index in [2.05, 4.69) is 43.7 Å². The van der Waals surface area contributed by atoms with Crippen LogP contribution in [0.15, 0.2) is 30.6 Å². The Labute approximate surface area is 195 Å². The Morgan fingerprint density at radius 1 is 1.21 bits per heavy atom. The van der Waals surface area contributed by atoms with Gasteiger partial charge < -0.3 is 20.3 Å². The zero-order valence-electron chi connectivity index (χ0n) is 19.0. The minimum Gasteiger partial charge on any atom is -0.378 e. The van der Waals surface area contributed by atoms with E-state index in [0.29, 0.717) is 28.9 Å². The zero-order valence-corrected chi connectivity index (χ0v) is 19.0. The Morgan fingerprint density at radius 2 is 2.03 bits per heavy atom. The summed E-state index contributed by atoms with van der Waals surface area (Å²) in [5.74, 6) is 1.96. The summed E-state index contributed by atoms with van der Waals surface area (Å²) >= 11 is 0. The summed E-state index contributed by atoms with van der Waals surface area (Å²) in [7, 11) is 1.78. The van der Waals surface area contributed by atoms with E-state index < -0.39 is 0 Å². The Hall–Kier alpha value is -3.86. The van der Waals surface area contributed by atoms with Gasteiger partial charge in [0.15, 0.2) is 23.1 Å². The molecule has 0 radical (unpaired) electrons. The van der Waals surface area contributed by atoms with Crippen LogP contribution < -0.4 is 15.5 Å². The third kappa shape index (κ3) is 3.67. The molecule has 1 aliphatic carbocycles. The third-order valence-electron chi connectivity index (χ3n) is 6.50. The molecule has 0 aromatic carbocycles. The van der Waals surface area contributed by atoms with Crippen LogP contribution in [0.25, 0.3) is 27.9 Å². The fraction of sp³-hybridized carbons (Fsp3) is 0.391. The second-order valence-electron chi connectivity index (χ2n) is 8.80. The number of hydrogen-bond acceptors (Lipinski definition) is 9. The van der Waals surface area contributed by atoms with Crippen molar-refractivity contribution < 1.29 is 9.53 Å². The van der Waals surface area contributed by atoms with Crippen molar-refractivity contribution in [2.45, 2.75) is 13.3 Å². The lowest BCUT2D eigenvalue weighted by atomic mass is 10.1. The van der Waals surface area contributed by atoms with Crippen LogP contribution in [0, 0.1) is 11.8 Å². The molecule has 1 aliphatic heterocycles. The predicted octanol–water partition coefficient (Wildman–Crippen LogP) is 2.21. The number of carbonyl (C=O) groups excluding carboxylic acids is 1. The van der Waals surface area contributed by atoms with Crippen molar-refractivity contribution in [1.82, 2.24) is 29.8 Å². The molecule has 4 aromatic rings. The number of amides is 1. The van der Waals surface area contributed by atoms with Crippen molar-refractivity contribution in [2.75, 3.05) is 48.9 Å². The molecule has 174 valence electrons. The molecule has 34 heavy (non-hydrogen) atoms. The van der Waals surface area contributed by atoms with Gasteiger partial charge in [0.1, 0.15) is 5.52 Å². The fourth-order valence-corrected chi connectivity index (χ4v) is 4.36. The van der Waals surface area contributed by atoms with Crippen LogP contribution in [-0.4, -0.2) is 69.0 Å². The highest BCUT2D eigenvalue weighted by Crippen LogP contribution is 2.38. The Bertz CT molecular complexity index is 1400. The number of ether oxygens (including phenoxy) is 1. The van der Waals surface area contributed by atoms with Gasteiger partial charge in [0.25, 0.3) is 0 Å². The molecule has 1 saturated heterocycles. The van der Waals surface area contributed by atoms with Crippen LogP contribution in [0.4, 0.5) is 17.3 Å². The standard InChI is InChI=1S/C23H25N9O2/c1-13-9-15(13)23(33)26-18-10-16-17(11-25-22(24-2)20(16)29-28-18)21-27-19-4-3-14(12-32(19)30-21)31-5-7-34-8-6-31/h3-4,10-13,15H,5-9H2,1-2H3,(H,24,25)(H,26,28,33)/t13-,15+/m1/s1. The van der Waals surface area contributed by atoms with Crippen molar-refractivity contribution in [2.24, 2.45) is 11.8 Å². The number of morpholine rings is 1. The number of carbonyl (C=O) groups is 1. The summed E-state index contributed by atoms with van der Waals surface area (Å²) < 4.78 is 7.24. The van der Waals surface area contributed by atoms with Gasteiger partial charge in [-0.2, -0.15) is 0 Å². The van der Waals surface area contributed by atoms with E-state index in [-0.39, 0.29) is 11.8 Å². The lowest BCUT2D eigenvalue weighted by Gasteiger charge is -2.28. The molecule has 0 bridgehead atoms. The van der Waals surface area contributed by atoms with Gasteiger partial charge in [-0.05, 0) is 30.5 Å². The average Bonchev–Trinajstić information content (AvgIpc) is 3.45. The van der Waals surface area contributed by atoms with E-state index >= 15 is 0 Å². The van der Waals surface area contributed by atoms with Crippen LogP contribution in [0.3, 0.4) is 0 Å². The number of aromatic nitrogens is 6. The number of nitrogens with one attached hydrogen (secondary N) is 2. The monoisotopic (exact) mass is 459 g/mol. The predicted molar refractivity (Wildman–Crippen MR) is 128 cm³/mol. The van der Waals surface area contributed by atoms with Crippen molar-refractivity contribution in [1.29, 1.82) is 0 Å². The maximum atomic E-state index is 12.4. The summed E-state index contributed by atoms with van der Waals surface area (Å²) in [4.78, 5) is 23.9. The minimum absolute atomic E-state index is 0.0212. The Kier molecular flexibility index (Phi) is 4.98. The first-order valence-corrected chi connectivity index (χ1v) is 11.5. The lowest BCUT2D eigenvalue weighted by Crippen LogP contribution is -2.36. The van der Waals surface area contributed by atoms with Crippen LogP contribution >= 0.6 is 0 Å². The number of hydrogen-bond donors (Lipinski definition) is 2. The smallest absolute Gasteiger partial charge is 0.228 e. The number of rotatable bonds is 5. The molecule has 6 rings (SSSR count). The third-order valence-corrected chi connectivity index (χ3v) is 6.50. The minimum atomic E-state index is -0.0212. The van der Waals surface area contributed by atoms with Gasteiger partial charge in [-0.25, -0.2) is 14.5 Å². The van der Waals surface area contributed by atoms with Crippen LogP contribution in [0.1, 0.15) is 13.3 Å². The SMILES string of the molecule is CNc1ncc(-c2nc3ccc(N4CCOCC4)cn3n2)c2cc(NC(=O)[C@H]3C[C@H]3C)nnc12. The van der Waals surface area contributed by atoms with E-state index in [4.69, 9.17) is 14.8 Å². The largest absolute Gasteiger partial charge is 0.378 e. The van der Waals surface area contributed by atoms with Gasteiger partial charge in [-0.15, -0.1) is 15.3 Å². The maximum absolute atomic E-state index is 12.4. The van der Waals surface area contributed by atoms with Crippen molar-refractivity contribution in [3.8, 4) is 11.4 Å². The first-order valence-electron chi connectivity index (χ1n) is 11.5. The number of fused-ring (bicyclic) bond motifs is 2. The molecule has 11 nitrogen and oxygen atoms in total. The molecule has 2 fully saturated rings. The number of anilines is 3. The summed E-state index contributed by atoms with van der Waals surface area (Å²) in [5.41, 5.74) is 3.11. The summed E-state index contributed by atoms with van der Waals surface area (Å²) in [6, 6.07) is 5.83. The Balaban J connectivity index is 1.40. The topological polar surface area (TPSA) is 122 Å². The van der Waals surface area contributed by atoms with Gasteiger partial charge in [0.05, 0.1) is 25.1 Å². The molecule has 1 amide bonds.